The number of fused-ring (bicyclic) bond motifs is 1. The molecule has 3 fully saturated rings. The fourth-order valence-electron chi connectivity index (χ4n) is 4.76. The van der Waals surface area contributed by atoms with Crippen molar-refractivity contribution in [1.82, 2.24) is 10.2 Å². The van der Waals surface area contributed by atoms with Gasteiger partial charge in [-0.2, -0.15) is 0 Å². The van der Waals surface area contributed by atoms with E-state index in [1.54, 1.807) is 0 Å². The van der Waals surface area contributed by atoms with Crippen LogP contribution >= 0.6 is 0 Å². The zero-order valence-corrected chi connectivity index (χ0v) is 12.1. The number of piperidine rings is 2. The van der Waals surface area contributed by atoms with E-state index >= 15 is 0 Å². The van der Waals surface area contributed by atoms with Gasteiger partial charge in [-0.3, -0.25) is 4.90 Å². The topological polar surface area (TPSA) is 15.3 Å². The first-order chi connectivity index (χ1) is 8.83. The van der Waals surface area contributed by atoms with Crippen molar-refractivity contribution in [2.75, 3.05) is 26.2 Å². The highest BCUT2D eigenvalue weighted by atomic mass is 15.2. The second kappa shape index (κ2) is 5.50. The zero-order chi connectivity index (χ0) is 12.4. The Labute approximate surface area is 113 Å². The fraction of sp³-hybridized carbons (Fsp3) is 1.00. The summed E-state index contributed by atoms with van der Waals surface area (Å²) in [5.74, 6) is 1.05. The summed E-state index contributed by atoms with van der Waals surface area (Å²) in [7, 11) is 0. The maximum absolute atomic E-state index is 3.54. The van der Waals surface area contributed by atoms with E-state index in [0.29, 0.717) is 5.41 Å². The first-order valence-electron chi connectivity index (χ1n) is 8.28. The molecule has 18 heavy (non-hydrogen) atoms. The van der Waals surface area contributed by atoms with E-state index in [1.165, 1.54) is 77.5 Å². The first kappa shape index (κ1) is 12.9. The third-order valence-electron chi connectivity index (χ3n) is 6.06. The first-order valence-corrected chi connectivity index (χ1v) is 8.28. The predicted octanol–water partition coefficient (Wildman–Crippen LogP) is 3.03. The van der Waals surface area contributed by atoms with Crippen LogP contribution in [0.15, 0.2) is 0 Å². The molecule has 0 aromatic carbocycles. The molecule has 0 aromatic rings. The van der Waals surface area contributed by atoms with Gasteiger partial charge in [0.15, 0.2) is 0 Å². The van der Waals surface area contributed by atoms with E-state index in [0.717, 1.165) is 12.0 Å². The average Bonchev–Trinajstić information content (AvgIpc) is 2.89. The van der Waals surface area contributed by atoms with Crippen molar-refractivity contribution in [3.63, 3.8) is 0 Å². The van der Waals surface area contributed by atoms with E-state index in [1.807, 2.05) is 0 Å². The molecule has 2 atom stereocenters. The van der Waals surface area contributed by atoms with Gasteiger partial charge in [-0.1, -0.05) is 13.3 Å². The Kier molecular flexibility index (Phi) is 3.95. The summed E-state index contributed by atoms with van der Waals surface area (Å²) in [6, 6.07) is 0.956. The number of rotatable bonds is 3. The van der Waals surface area contributed by atoms with Crippen molar-refractivity contribution in [3.05, 3.63) is 0 Å². The van der Waals surface area contributed by atoms with Gasteiger partial charge in [-0.05, 0) is 75.9 Å². The van der Waals surface area contributed by atoms with E-state index in [2.05, 4.69) is 17.1 Å². The third kappa shape index (κ3) is 2.46. The molecule has 104 valence electrons. The Hall–Kier alpha value is -0.0800. The van der Waals surface area contributed by atoms with E-state index in [9.17, 15) is 0 Å². The van der Waals surface area contributed by atoms with Gasteiger partial charge in [0.25, 0.3) is 0 Å². The Bertz CT molecular complexity index is 270. The molecule has 0 radical (unpaired) electrons. The van der Waals surface area contributed by atoms with Crippen LogP contribution in [0.25, 0.3) is 0 Å². The van der Waals surface area contributed by atoms with Crippen LogP contribution in [0.2, 0.25) is 0 Å². The number of likely N-dealkylation sites (tertiary alicyclic amines) is 1. The van der Waals surface area contributed by atoms with Gasteiger partial charge in [0.05, 0.1) is 0 Å². The van der Waals surface area contributed by atoms with Gasteiger partial charge >= 0.3 is 0 Å². The summed E-state index contributed by atoms with van der Waals surface area (Å²) >= 11 is 0. The summed E-state index contributed by atoms with van der Waals surface area (Å²) in [5, 5.41) is 3.54. The van der Waals surface area contributed by atoms with Crippen LogP contribution in [0.5, 0.6) is 0 Å². The van der Waals surface area contributed by atoms with E-state index in [-0.39, 0.29) is 0 Å². The monoisotopic (exact) mass is 250 g/mol. The molecule has 2 heteroatoms. The maximum Gasteiger partial charge on any atom is 0.0124 e. The molecular formula is C16H30N2. The Morgan fingerprint density at radius 1 is 1.11 bits per heavy atom. The molecule has 2 nitrogen and oxygen atoms in total. The van der Waals surface area contributed by atoms with Crippen LogP contribution in [-0.2, 0) is 0 Å². The molecule has 0 aromatic heterocycles. The van der Waals surface area contributed by atoms with Crippen LogP contribution in [0.4, 0.5) is 0 Å². The van der Waals surface area contributed by atoms with Crippen molar-refractivity contribution in [3.8, 4) is 0 Å². The standard InChI is InChI=1S/C16H30N2/c1-2-16(8-10-17-11-9-16)13-18-12-4-6-14-5-3-7-15(14)18/h14-15,17H,2-13H2,1H3. The van der Waals surface area contributed by atoms with Gasteiger partial charge in [0, 0.05) is 12.6 Å². The normalized spacial score (nSPS) is 36.5. The second-order valence-corrected chi connectivity index (χ2v) is 6.97. The SMILES string of the molecule is CCC1(CN2CCCC3CCCC32)CCNCC1. The van der Waals surface area contributed by atoms with E-state index < -0.39 is 0 Å². The van der Waals surface area contributed by atoms with Gasteiger partial charge in [0.2, 0.25) is 0 Å². The second-order valence-electron chi connectivity index (χ2n) is 6.97. The Morgan fingerprint density at radius 2 is 1.89 bits per heavy atom. The molecule has 0 spiro atoms. The average molecular weight is 250 g/mol. The van der Waals surface area contributed by atoms with Crippen molar-refractivity contribution < 1.29 is 0 Å². The summed E-state index contributed by atoms with van der Waals surface area (Å²) < 4.78 is 0. The van der Waals surface area contributed by atoms with Crippen molar-refractivity contribution in [2.45, 2.75) is 64.3 Å². The van der Waals surface area contributed by atoms with Crippen molar-refractivity contribution in [2.24, 2.45) is 11.3 Å². The number of hydrogen-bond acceptors (Lipinski definition) is 2. The predicted molar refractivity (Wildman–Crippen MR) is 76.8 cm³/mol. The number of nitrogens with zero attached hydrogens (tertiary/aromatic N) is 1. The highest BCUT2D eigenvalue weighted by Gasteiger charge is 2.39. The Balaban J connectivity index is 1.66. The lowest BCUT2D eigenvalue weighted by Crippen LogP contribution is -2.50. The molecule has 1 aliphatic carbocycles. The molecular weight excluding hydrogens is 220 g/mol. The lowest BCUT2D eigenvalue weighted by atomic mass is 9.75. The number of hydrogen-bond donors (Lipinski definition) is 1. The highest BCUT2D eigenvalue weighted by Crippen LogP contribution is 2.41. The summed E-state index contributed by atoms with van der Waals surface area (Å²) in [5.41, 5.74) is 0.635. The van der Waals surface area contributed by atoms with Crippen LogP contribution < -0.4 is 5.32 Å². The minimum Gasteiger partial charge on any atom is -0.317 e. The number of nitrogens with one attached hydrogen (secondary N) is 1. The molecule has 3 rings (SSSR count). The van der Waals surface area contributed by atoms with Crippen LogP contribution in [0, 0.1) is 11.3 Å². The van der Waals surface area contributed by atoms with Gasteiger partial charge in [0.1, 0.15) is 0 Å². The third-order valence-corrected chi connectivity index (χ3v) is 6.06. The summed E-state index contributed by atoms with van der Waals surface area (Å²) in [6.45, 7) is 7.69. The summed E-state index contributed by atoms with van der Waals surface area (Å²) in [6.07, 6.45) is 11.6. The van der Waals surface area contributed by atoms with Gasteiger partial charge < -0.3 is 5.32 Å². The fourth-order valence-corrected chi connectivity index (χ4v) is 4.76. The van der Waals surface area contributed by atoms with Crippen LogP contribution in [0.1, 0.15) is 58.3 Å². The van der Waals surface area contributed by atoms with Crippen LogP contribution in [0.3, 0.4) is 0 Å². The molecule has 2 aliphatic heterocycles. The zero-order valence-electron chi connectivity index (χ0n) is 12.1. The molecule has 2 unspecified atom stereocenters. The smallest absolute Gasteiger partial charge is 0.0124 e. The molecule has 0 bridgehead atoms. The quantitative estimate of drug-likeness (QED) is 0.828. The molecule has 3 aliphatic rings. The maximum atomic E-state index is 3.54. The largest absolute Gasteiger partial charge is 0.317 e. The highest BCUT2D eigenvalue weighted by molar-refractivity contribution is 4.94. The molecule has 1 saturated carbocycles. The lowest BCUT2D eigenvalue weighted by Gasteiger charge is -2.46. The molecule has 0 amide bonds. The Morgan fingerprint density at radius 3 is 2.67 bits per heavy atom. The molecule has 2 saturated heterocycles. The van der Waals surface area contributed by atoms with Gasteiger partial charge in [-0.25, -0.2) is 0 Å². The minimum absolute atomic E-state index is 0.635. The molecule has 1 N–H and O–H groups in total. The van der Waals surface area contributed by atoms with Gasteiger partial charge in [-0.15, -0.1) is 0 Å². The molecule has 2 heterocycles. The van der Waals surface area contributed by atoms with Crippen molar-refractivity contribution in [1.29, 1.82) is 0 Å². The minimum atomic E-state index is 0.635. The summed E-state index contributed by atoms with van der Waals surface area (Å²) in [4.78, 5) is 2.90. The van der Waals surface area contributed by atoms with Crippen molar-refractivity contribution >= 4 is 0 Å². The van der Waals surface area contributed by atoms with Crippen LogP contribution in [-0.4, -0.2) is 37.1 Å². The van der Waals surface area contributed by atoms with E-state index in [4.69, 9.17) is 0 Å². The lowest BCUT2D eigenvalue weighted by molar-refractivity contribution is 0.0404.